The summed E-state index contributed by atoms with van der Waals surface area (Å²) in [5, 5.41) is 8.13. The van der Waals surface area contributed by atoms with E-state index in [4.69, 9.17) is 4.84 Å². The van der Waals surface area contributed by atoms with Gasteiger partial charge in [-0.05, 0) is 125 Å². The molecule has 6 heteroatoms. The molecule has 6 nitrogen and oxygen atoms in total. The number of amides is 1. The van der Waals surface area contributed by atoms with Crippen LogP contribution in [-0.4, -0.2) is 47.7 Å². The molecule has 8 atom stereocenters. The molecule has 1 heterocycles. The Labute approximate surface area is 229 Å². The van der Waals surface area contributed by atoms with Crippen LogP contribution in [0.4, 0.5) is 4.79 Å². The van der Waals surface area contributed by atoms with Crippen LogP contribution in [0.2, 0.25) is 0 Å². The third-order valence-corrected chi connectivity index (χ3v) is 12.6. The minimum absolute atomic E-state index is 0.214. The summed E-state index contributed by atoms with van der Waals surface area (Å²) in [6, 6.07) is 0.658. The highest BCUT2D eigenvalue weighted by molar-refractivity contribution is 5.91. The summed E-state index contributed by atoms with van der Waals surface area (Å²) in [4.78, 5) is 33.1. The van der Waals surface area contributed by atoms with Gasteiger partial charge >= 0.3 is 6.09 Å². The van der Waals surface area contributed by atoms with Crippen LogP contribution in [0.1, 0.15) is 105 Å². The third kappa shape index (κ3) is 4.37. The van der Waals surface area contributed by atoms with Crippen LogP contribution < -0.4 is 5.32 Å². The van der Waals surface area contributed by atoms with Crippen molar-refractivity contribution in [3.05, 3.63) is 11.6 Å². The van der Waals surface area contributed by atoms with Crippen LogP contribution in [-0.2, 0) is 9.63 Å². The molecule has 0 aromatic rings. The second-order valence-corrected chi connectivity index (χ2v) is 14.3. The maximum atomic E-state index is 13.3. The van der Waals surface area contributed by atoms with Crippen molar-refractivity contribution in [2.45, 2.75) is 117 Å². The minimum Gasteiger partial charge on any atom is -0.312 e. The molecule has 1 aliphatic heterocycles. The number of oxime groups is 1. The normalized spacial score (nSPS) is 43.0. The fraction of sp³-hybridized carbons (Fsp3) is 0.844. The molecule has 6 aliphatic rings. The highest BCUT2D eigenvalue weighted by Crippen LogP contribution is 2.66. The Morgan fingerprint density at radius 2 is 1.89 bits per heavy atom. The van der Waals surface area contributed by atoms with E-state index in [1.54, 1.807) is 0 Å². The summed E-state index contributed by atoms with van der Waals surface area (Å²) in [7, 11) is 0. The number of ketones is 1. The maximum Gasteiger partial charge on any atom is 0.436 e. The van der Waals surface area contributed by atoms with E-state index in [9.17, 15) is 9.59 Å². The van der Waals surface area contributed by atoms with E-state index in [0.29, 0.717) is 41.5 Å². The number of carbonyl (C=O) groups excluding carboxylic acids is 2. The van der Waals surface area contributed by atoms with Crippen LogP contribution in [0.3, 0.4) is 0 Å². The van der Waals surface area contributed by atoms with Gasteiger partial charge in [-0.2, -0.15) is 0 Å². The fourth-order valence-electron chi connectivity index (χ4n) is 9.90. The van der Waals surface area contributed by atoms with Crippen molar-refractivity contribution in [1.82, 2.24) is 10.2 Å². The van der Waals surface area contributed by atoms with Crippen LogP contribution in [0.5, 0.6) is 0 Å². The Hall–Kier alpha value is -1.69. The van der Waals surface area contributed by atoms with Crippen molar-refractivity contribution in [3.63, 3.8) is 0 Å². The summed E-state index contributed by atoms with van der Waals surface area (Å²) < 4.78 is 0. The molecule has 0 aromatic heterocycles. The number of fused-ring (bicyclic) bond motifs is 5. The molecule has 1 amide bonds. The molecular weight excluding hydrogens is 474 g/mol. The van der Waals surface area contributed by atoms with E-state index in [2.05, 4.69) is 38.2 Å². The number of hydrogen-bond donors (Lipinski definition) is 1. The Morgan fingerprint density at radius 3 is 2.61 bits per heavy atom. The molecule has 1 N–H and O–H groups in total. The largest absolute Gasteiger partial charge is 0.436 e. The van der Waals surface area contributed by atoms with E-state index >= 15 is 0 Å². The second-order valence-electron chi connectivity index (χ2n) is 14.3. The zero-order valence-corrected chi connectivity index (χ0v) is 24.1. The van der Waals surface area contributed by atoms with Crippen molar-refractivity contribution >= 4 is 17.6 Å². The number of hydrogen-bond acceptors (Lipinski definition) is 5. The van der Waals surface area contributed by atoms with Gasteiger partial charge in [-0.25, -0.2) is 4.79 Å². The quantitative estimate of drug-likeness (QED) is 0.254. The predicted octanol–water partition coefficient (Wildman–Crippen LogP) is 6.50. The van der Waals surface area contributed by atoms with Gasteiger partial charge < -0.3 is 10.2 Å². The SMILES string of the molecule is C/C(=N\OC(=O)N(CC1NCCC1C)C1CCC1)[C@H]1CC[C@H]2[C@@H]3CCC4=CC(=O)CC[C@]4(C)[C@H]3CC[C@]12C. The van der Waals surface area contributed by atoms with Crippen molar-refractivity contribution in [2.75, 3.05) is 13.1 Å². The van der Waals surface area contributed by atoms with Gasteiger partial charge in [0.15, 0.2) is 5.78 Å². The molecule has 4 saturated carbocycles. The molecule has 6 rings (SSSR count). The van der Waals surface area contributed by atoms with Crippen LogP contribution in [0.15, 0.2) is 16.8 Å². The summed E-state index contributed by atoms with van der Waals surface area (Å²) in [5.41, 5.74) is 2.88. The summed E-state index contributed by atoms with van der Waals surface area (Å²) >= 11 is 0. The zero-order chi connectivity index (χ0) is 26.7. The Kier molecular flexibility index (Phi) is 7.02. The van der Waals surface area contributed by atoms with E-state index in [1.807, 2.05) is 11.0 Å². The lowest BCUT2D eigenvalue weighted by molar-refractivity contribution is -0.117. The first-order valence-electron chi connectivity index (χ1n) is 15.7. The lowest BCUT2D eigenvalue weighted by Gasteiger charge is -2.58. The molecule has 38 heavy (non-hydrogen) atoms. The molecule has 210 valence electrons. The first-order chi connectivity index (χ1) is 18.2. The molecule has 0 spiro atoms. The van der Waals surface area contributed by atoms with Gasteiger partial charge in [0.05, 0.1) is 5.71 Å². The monoisotopic (exact) mass is 523 g/mol. The lowest BCUT2D eigenvalue weighted by atomic mass is 9.46. The van der Waals surface area contributed by atoms with Crippen molar-refractivity contribution in [3.8, 4) is 0 Å². The Bertz CT molecular complexity index is 1020. The number of nitrogens with zero attached hydrogens (tertiary/aromatic N) is 2. The summed E-state index contributed by atoms with van der Waals surface area (Å²) in [6.45, 7) is 11.1. The number of nitrogens with one attached hydrogen (secondary N) is 1. The van der Waals surface area contributed by atoms with Crippen molar-refractivity contribution in [2.24, 2.45) is 45.6 Å². The molecule has 0 bridgehead atoms. The minimum atomic E-state index is -0.260. The van der Waals surface area contributed by atoms with Gasteiger partial charge in [0, 0.05) is 31.0 Å². The zero-order valence-electron chi connectivity index (χ0n) is 24.1. The van der Waals surface area contributed by atoms with E-state index < -0.39 is 0 Å². The van der Waals surface area contributed by atoms with Gasteiger partial charge in [0.2, 0.25) is 0 Å². The van der Waals surface area contributed by atoms with Gasteiger partial charge in [-0.1, -0.05) is 31.5 Å². The van der Waals surface area contributed by atoms with Gasteiger partial charge in [0.1, 0.15) is 0 Å². The van der Waals surface area contributed by atoms with E-state index in [0.717, 1.165) is 63.2 Å². The number of carbonyl (C=O) groups is 2. The smallest absolute Gasteiger partial charge is 0.312 e. The van der Waals surface area contributed by atoms with E-state index in [-0.39, 0.29) is 16.9 Å². The van der Waals surface area contributed by atoms with Crippen LogP contribution in [0, 0.1) is 40.4 Å². The third-order valence-electron chi connectivity index (χ3n) is 12.6. The molecule has 5 fully saturated rings. The maximum absolute atomic E-state index is 13.3. The Morgan fingerprint density at radius 1 is 1.08 bits per heavy atom. The van der Waals surface area contributed by atoms with Crippen molar-refractivity contribution < 1.29 is 14.4 Å². The van der Waals surface area contributed by atoms with Crippen LogP contribution >= 0.6 is 0 Å². The molecular formula is C32H49N3O3. The standard InChI is InChI=1S/C32H49N3O3/c1-20-14-17-33-29(20)19-35(23-6-5-7-23)30(37)38-34-21(2)26-10-11-27-25-9-8-22-18-24(36)12-15-31(22,3)28(25)13-16-32(26,27)4/h18,20,23,25-29,33H,5-17,19H2,1-4H3/b34-21+/t20?,25-,26+,27-,28-,29?,31-,32+/m0/s1. The average Bonchev–Trinajstić information content (AvgIpc) is 3.43. The molecule has 0 aromatic carbocycles. The van der Waals surface area contributed by atoms with Gasteiger partial charge in [0.25, 0.3) is 0 Å². The van der Waals surface area contributed by atoms with Crippen LogP contribution in [0.25, 0.3) is 0 Å². The first kappa shape index (κ1) is 26.5. The predicted molar refractivity (Wildman–Crippen MR) is 150 cm³/mol. The molecule has 0 radical (unpaired) electrons. The molecule has 5 aliphatic carbocycles. The average molecular weight is 524 g/mol. The number of allylic oxidation sites excluding steroid dienone is 1. The Balaban J connectivity index is 1.14. The first-order valence-corrected chi connectivity index (χ1v) is 15.7. The number of rotatable bonds is 5. The van der Waals surface area contributed by atoms with Gasteiger partial charge in [-0.3, -0.25) is 9.63 Å². The van der Waals surface area contributed by atoms with Crippen molar-refractivity contribution in [1.29, 1.82) is 0 Å². The van der Waals surface area contributed by atoms with E-state index in [1.165, 1.54) is 44.1 Å². The summed E-state index contributed by atoms with van der Waals surface area (Å²) in [5.74, 6) is 3.44. The molecule has 2 unspecified atom stereocenters. The van der Waals surface area contributed by atoms with Gasteiger partial charge in [-0.15, -0.1) is 0 Å². The highest BCUT2D eigenvalue weighted by Gasteiger charge is 2.59. The highest BCUT2D eigenvalue weighted by atomic mass is 16.7. The lowest BCUT2D eigenvalue weighted by Crippen LogP contribution is -2.51. The summed E-state index contributed by atoms with van der Waals surface area (Å²) in [6.07, 6.45) is 15.2. The topological polar surface area (TPSA) is 71.0 Å². The molecule has 1 saturated heterocycles. The fourth-order valence-corrected chi connectivity index (χ4v) is 9.90. The second kappa shape index (κ2) is 10.1.